The highest BCUT2D eigenvalue weighted by Gasteiger charge is 2.25. The molecule has 0 aromatic carbocycles. The summed E-state index contributed by atoms with van der Waals surface area (Å²) in [5, 5.41) is 9.07. The van der Waals surface area contributed by atoms with Gasteiger partial charge in [0.1, 0.15) is 5.69 Å². The smallest absolute Gasteiger partial charge is 0.352 e. The van der Waals surface area contributed by atoms with E-state index in [2.05, 4.69) is 43.4 Å². The number of hydrogen-bond acceptors (Lipinski definition) is 1. The number of halogens is 1. The fourth-order valence-electron chi connectivity index (χ4n) is 1.35. The van der Waals surface area contributed by atoms with Crippen molar-refractivity contribution in [3.63, 3.8) is 0 Å². The van der Waals surface area contributed by atoms with Gasteiger partial charge in [0.25, 0.3) is 0 Å². The Morgan fingerprint density at radius 2 is 2.07 bits per heavy atom. The van der Waals surface area contributed by atoms with E-state index in [0.29, 0.717) is 5.69 Å². The maximum absolute atomic E-state index is 11.0. The molecule has 0 saturated carbocycles. The summed E-state index contributed by atoms with van der Waals surface area (Å²) < 4.78 is 2.80. The third-order valence-corrected chi connectivity index (χ3v) is 3.29. The molecule has 0 fully saturated rings. The van der Waals surface area contributed by atoms with Gasteiger partial charge in [-0.2, -0.15) is 0 Å². The third-order valence-electron chi connectivity index (χ3n) is 2.70. The maximum atomic E-state index is 11.0. The summed E-state index contributed by atoms with van der Waals surface area (Å²) in [6.07, 6.45) is 1.89. The Balaban J connectivity index is 3.19. The van der Waals surface area contributed by atoms with E-state index < -0.39 is 5.97 Å². The SMILES string of the molecule is CC(n1cc(I)cc1C(=O)O)C(C)(C)C. The van der Waals surface area contributed by atoms with Gasteiger partial charge < -0.3 is 9.67 Å². The summed E-state index contributed by atoms with van der Waals surface area (Å²) >= 11 is 2.14. The molecular formula is C11H16INO2. The second-order valence-electron chi connectivity index (χ2n) is 4.80. The molecule has 0 bridgehead atoms. The summed E-state index contributed by atoms with van der Waals surface area (Å²) in [6, 6.07) is 1.86. The summed E-state index contributed by atoms with van der Waals surface area (Å²) in [4.78, 5) is 11.0. The lowest BCUT2D eigenvalue weighted by atomic mass is 9.88. The van der Waals surface area contributed by atoms with Crippen molar-refractivity contribution >= 4 is 28.6 Å². The zero-order valence-corrected chi connectivity index (χ0v) is 11.6. The van der Waals surface area contributed by atoms with Gasteiger partial charge >= 0.3 is 5.97 Å². The standard InChI is InChI=1S/C11H16INO2/c1-7(11(2,3)4)13-6-8(12)5-9(13)10(14)15/h5-7H,1-4H3,(H,14,15). The summed E-state index contributed by atoms with van der Waals surface area (Å²) in [7, 11) is 0. The largest absolute Gasteiger partial charge is 0.477 e. The predicted molar refractivity (Wildman–Crippen MR) is 68.3 cm³/mol. The first-order valence-electron chi connectivity index (χ1n) is 4.84. The molecule has 1 aromatic heterocycles. The monoisotopic (exact) mass is 321 g/mol. The first-order valence-corrected chi connectivity index (χ1v) is 5.92. The van der Waals surface area contributed by atoms with Crippen LogP contribution in [0.3, 0.4) is 0 Å². The lowest BCUT2D eigenvalue weighted by Gasteiger charge is -2.29. The molecule has 3 nitrogen and oxygen atoms in total. The molecule has 1 atom stereocenters. The molecule has 1 heterocycles. The molecule has 84 valence electrons. The number of aromatic nitrogens is 1. The van der Waals surface area contributed by atoms with Crippen molar-refractivity contribution in [3.8, 4) is 0 Å². The van der Waals surface area contributed by atoms with Gasteiger partial charge in [-0.3, -0.25) is 0 Å². The van der Waals surface area contributed by atoms with Gasteiger partial charge in [0.2, 0.25) is 0 Å². The number of carboxylic acids is 1. The van der Waals surface area contributed by atoms with Crippen molar-refractivity contribution < 1.29 is 9.90 Å². The molecule has 4 heteroatoms. The minimum absolute atomic E-state index is 0.0479. The van der Waals surface area contributed by atoms with Crippen molar-refractivity contribution in [2.24, 2.45) is 5.41 Å². The zero-order valence-electron chi connectivity index (χ0n) is 9.41. The van der Waals surface area contributed by atoms with Gasteiger partial charge in [-0.1, -0.05) is 20.8 Å². The van der Waals surface area contributed by atoms with Crippen molar-refractivity contribution in [3.05, 3.63) is 21.5 Å². The quantitative estimate of drug-likeness (QED) is 0.849. The molecule has 0 aliphatic carbocycles. The first-order chi connectivity index (χ1) is 6.73. The number of aromatic carboxylic acids is 1. The Morgan fingerprint density at radius 1 is 1.53 bits per heavy atom. The highest BCUT2D eigenvalue weighted by atomic mass is 127. The van der Waals surface area contributed by atoms with Crippen LogP contribution in [-0.4, -0.2) is 15.6 Å². The van der Waals surface area contributed by atoms with E-state index in [1.807, 2.05) is 17.7 Å². The molecule has 15 heavy (non-hydrogen) atoms. The average Bonchev–Trinajstić information content (AvgIpc) is 2.44. The van der Waals surface area contributed by atoms with Gasteiger partial charge in [0, 0.05) is 15.8 Å². The molecule has 0 amide bonds. The third kappa shape index (κ3) is 2.74. The molecule has 1 N–H and O–H groups in total. The van der Waals surface area contributed by atoms with Crippen LogP contribution in [0.1, 0.15) is 44.2 Å². The molecule has 1 unspecified atom stereocenters. The number of rotatable bonds is 2. The Labute approximate surface area is 104 Å². The van der Waals surface area contributed by atoms with Crippen molar-refractivity contribution in [1.29, 1.82) is 0 Å². The van der Waals surface area contributed by atoms with Gasteiger partial charge in [0.15, 0.2) is 0 Å². The van der Waals surface area contributed by atoms with Crippen LogP contribution in [0.5, 0.6) is 0 Å². The van der Waals surface area contributed by atoms with Crippen LogP contribution >= 0.6 is 22.6 Å². The number of carbonyl (C=O) groups is 1. The van der Waals surface area contributed by atoms with Crippen molar-refractivity contribution in [2.45, 2.75) is 33.7 Å². The molecule has 0 aliphatic heterocycles. The van der Waals surface area contributed by atoms with E-state index in [1.54, 1.807) is 6.07 Å². The minimum Gasteiger partial charge on any atom is -0.477 e. The first kappa shape index (κ1) is 12.5. The molecule has 0 radical (unpaired) electrons. The van der Waals surface area contributed by atoms with Gasteiger partial charge in [-0.25, -0.2) is 4.79 Å². The predicted octanol–water partition coefficient (Wildman–Crippen LogP) is 3.40. The number of carboxylic acid groups (broad SMARTS) is 1. The number of hydrogen-bond donors (Lipinski definition) is 1. The van der Waals surface area contributed by atoms with E-state index in [-0.39, 0.29) is 11.5 Å². The molecule has 0 aliphatic rings. The van der Waals surface area contributed by atoms with Crippen LogP contribution in [0.4, 0.5) is 0 Å². The Bertz CT molecular complexity index is 376. The fourth-order valence-corrected chi connectivity index (χ4v) is 1.95. The highest BCUT2D eigenvalue weighted by molar-refractivity contribution is 14.1. The molecular weight excluding hydrogens is 305 g/mol. The zero-order chi connectivity index (χ0) is 11.8. The van der Waals surface area contributed by atoms with E-state index >= 15 is 0 Å². The Kier molecular flexibility index (Phi) is 3.48. The van der Waals surface area contributed by atoms with E-state index in [1.165, 1.54) is 0 Å². The Hall–Kier alpha value is -0.520. The second kappa shape index (κ2) is 4.15. The summed E-state index contributed by atoms with van der Waals surface area (Å²) in [6.45, 7) is 8.37. The maximum Gasteiger partial charge on any atom is 0.352 e. The highest BCUT2D eigenvalue weighted by Crippen LogP contribution is 2.32. The Morgan fingerprint density at radius 3 is 2.47 bits per heavy atom. The van der Waals surface area contributed by atoms with E-state index in [9.17, 15) is 4.79 Å². The average molecular weight is 321 g/mol. The normalized spacial score (nSPS) is 13.9. The van der Waals surface area contributed by atoms with Crippen LogP contribution in [-0.2, 0) is 0 Å². The van der Waals surface area contributed by atoms with Crippen LogP contribution in [0.25, 0.3) is 0 Å². The summed E-state index contributed by atoms with van der Waals surface area (Å²) in [5.41, 5.74) is 0.411. The van der Waals surface area contributed by atoms with Gasteiger partial charge in [-0.15, -0.1) is 0 Å². The topological polar surface area (TPSA) is 42.2 Å². The lowest BCUT2D eigenvalue weighted by molar-refractivity contribution is 0.0678. The van der Waals surface area contributed by atoms with Gasteiger partial charge in [-0.05, 0) is 41.0 Å². The van der Waals surface area contributed by atoms with Crippen molar-refractivity contribution in [2.75, 3.05) is 0 Å². The second-order valence-corrected chi connectivity index (χ2v) is 6.04. The fraction of sp³-hybridized carbons (Fsp3) is 0.545. The number of nitrogens with zero attached hydrogens (tertiary/aromatic N) is 1. The van der Waals surface area contributed by atoms with Crippen LogP contribution in [0.15, 0.2) is 12.3 Å². The van der Waals surface area contributed by atoms with E-state index in [4.69, 9.17) is 5.11 Å². The van der Waals surface area contributed by atoms with Crippen LogP contribution in [0, 0.1) is 8.99 Å². The minimum atomic E-state index is -0.867. The molecule has 1 aromatic rings. The van der Waals surface area contributed by atoms with Gasteiger partial charge in [0.05, 0.1) is 0 Å². The van der Waals surface area contributed by atoms with Crippen molar-refractivity contribution in [1.82, 2.24) is 4.57 Å². The molecule has 0 saturated heterocycles. The van der Waals surface area contributed by atoms with E-state index in [0.717, 1.165) is 3.57 Å². The molecule has 0 spiro atoms. The lowest BCUT2D eigenvalue weighted by Crippen LogP contribution is -2.23. The summed E-state index contributed by atoms with van der Waals surface area (Å²) in [5.74, 6) is -0.867. The van der Waals surface area contributed by atoms with Crippen LogP contribution in [0.2, 0.25) is 0 Å². The van der Waals surface area contributed by atoms with Crippen LogP contribution < -0.4 is 0 Å². The molecule has 1 rings (SSSR count).